The monoisotopic (exact) mass is 304 g/mol. The van der Waals surface area contributed by atoms with Gasteiger partial charge in [0.15, 0.2) is 6.61 Å². The summed E-state index contributed by atoms with van der Waals surface area (Å²) in [6, 6.07) is 10.7. The third kappa shape index (κ3) is 4.37. The van der Waals surface area contributed by atoms with Crippen molar-refractivity contribution >= 4 is 17.3 Å². The summed E-state index contributed by atoms with van der Waals surface area (Å²) in [7, 11) is 0. The number of anilines is 2. The van der Waals surface area contributed by atoms with Crippen molar-refractivity contribution in [3.63, 3.8) is 0 Å². The third-order valence-electron chi connectivity index (χ3n) is 2.79. The molecule has 116 valence electrons. The molecule has 0 bridgehead atoms. The Morgan fingerprint density at radius 1 is 1.14 bits per heavy atom. The zero-order valence-corrected chi connectivity index (χ0v) is 12.1. The first-order valence-electron chi connectivity index (χ1n) is 6.79. The zero-order valence-electron chi connectivity index (χ0n) is 12.1. The number of nitrogens with one attached hydrogen (secondary N) is 1. The van der Waals surface area contributed by atoms with E-state index in [9.17, 15) is 9.18 Å². The fraction of sp³-hybridized carbons (Fsp3) is 0.188. The van der Waals surface area contributed by atoms with Crippen LogP contribution in [-0.2, 0) is 4.79 Å². The topological polar surface area (TPSA) is 73.6 Å². The zero-order chi connectivity index (χ0) is 15.9. The van der Waals surface area contributed by atoms with Gasteiger partial charge in [-0.15, -0.1) is 0 Å². The van der Waals surface area contributed by atoms with Crippen LogP contribution in [0.3, 0.4) is 0 Å². The summed E-state index contributed by atoms with van der Waals surface area (Å²) in [5.74, 6) is 0.442. The van der Waals surface area contributed by atoms with Gasteiger partial charge in [-0.3, -0.25) is 4.79 Å². The maximum absolute atomic E-state index is 12.9. The van der Waals surface area contributed by atoms with Crippen LogP contribution in [0.4, 0.5) is 15.8 Å². The Balaban J connectivity index is 1.87. The first-order chi connectivity index (χ1) is 10.6. The Hall–Kier alpha value is -2.76. The number of rotatable bonds is 6. The number of carbonyl (C=O) groups is 1. The van der Waals surface area contributed by atoms with Crippen LogP contribution in [0.15, 0.2) is 42.5 Å². The molecule has 5 nitrogen and oxygen atoms in total. The second-order valence-electron chi connectivity index (χ2n) is 4.47. The number of hydrogen-bond donors (Lipinski definition) is 2. The number of halogens is 1. The average molecular weight is 304 g/mol. The number of carbonyl (C=O) groups excluding carboxylic acids is 1. The van der Waals surface area contributed by atoms with Crippen molar-refractivity contribution in [1.29, 1.82) is 0 Å². The van der Waals surface area contributed by atoms with Crippen molar-refractivity contribution in [2.45, 2.75) is 6.92 Å². The molecule has 0 aliphatic rings. The molecule has 0 fully saturated rings. The van der Waals surface area contributed by atoms with Gasteiger partial charge < -0.3 is 20.5 Å². The summed E-state index contributed by atoms with van der Waals surface area (Å²) in [5.41, 5.74) is 6.12. The summed E-state index contributed by atoms with van der Waals surface area (Å²) in [4.78, 5) is 11.8. The van der Waals surface area contributed by atoms with Crippen molar-refractivity contribution in [2.75, 3.05) is 24.3 Å². The quantitative estimate of drug-likeness (QED) is 0.805. The highest BCUT2D eigenvalue weighted by atomic mass is 19.1. The van der Waals surface area contributed by atoms with Gasteiger partial charge in [-0.25, -0.2) is 4.39 Å². The third-order valence-corrected chi connectivity index (χ3v) is 2.79. The molecule has 0 aliphatic heterocycles. The van der Waals surface area contributed by atoms with Gasteiger partial charge in [-0.1, -0.05) is 0 Å². The van der Waals surface area contributed by atoms with Gasteiger partial charge in [0, 0.05) is 0 Å². The van der Waals surface area contributed by atoms with Crippen LogP contribution >= 0.6 is 0 Å². The van der Waals surface area contributed by atoms with Gasteiger partial charge in [-0.2, -0.15) is 0 Å². The van der Waals surface area contributed by atoms with Gasteiger partial charge >= 0.3 is 0 Å². The molecule has 0 aromatic heterocycles. The van der Waals surface area contributed by atoms with Crippen LogP contribution < -0.4 is 20.5 Å². The Morgan fingerprint density at radius 3 is 2.36 bits per heavy atom. The molecule has 2 rings (SSSR count). The van der Waals surface area contributed by atoms with E-state index in [0.717, 1.165) is 11.8 Å². The number of nitrogen functional groups attached to an aromatic ring is 1. The molecule has 1 amide bonds. The van der Waals surface area contributed by atoms with Crippen LogP contribution in [0.2, 0.25) is 0 Å². The summed E-state index contributed by atoms with van der Waals surface area (Å²) in [6.45, 7) is 2.31. The van der Waals surface area contributed by atoms with Gasteiger partial charge in [-0.05, 0) is 49.4 Å². The molecule has 6 heteroatoms. The molecule has 3 N–H and O–H groups in total. The second kappa shape index (κ2) is 7.31. The van der Waals surface area contributed by atoms with E-state index in [1.165, 1.54) is 12.1 Å². The van der Waals surface area contributed by atoms with Crippen LogP contribution in [-0.4, -0.2) is 19.1 Å². The molecule has 0 radical (unpaired) electrons. The Morgan fingerprint density at radius 2 is 1.77 bits per heavy atom. The van der Waals surface area contributed by atoms with Crippen molar-refractivity contribution in [3.05, 3.63) is 48.3 Å². The van der Waals surface area contributed by atoms with Crippen molar-refractivity contribution < 1.29 is 18.7 Å². The SMILES string of the molecule is CCOc1ccc(OCC(=O)Nc2ccc(F)cc2N)cc1. The Labute approximate surface area is 127 Å². The van der Waals surface area contributed by atoms with E-state index < -0.39 is 5.82 Å². The van der Waals surface area contributed by atoms with E-state index in [2.05, 4.69) is 5.32 Å². The lowest BCUT2D eigenvalue weighted by molar-refractivity contribution is -0.118. The maximum Gasteiger partial charge on any atom is 0.262 e. The number of nitrogens with two attached hydrogens (primary N) is 1. The van der Waals surface area contributed by atoms with Crippen LogP contribution in [0.25, 0.3) is 0 Å². The molecule has 0 saturated heterocycles. The summed E-state index contributed by atoms with van der Waals surface area (Å²) in [5, 5.41) is 2.56. The Bertz CT molecular complexity index is 644. The van der Waals surface area contributed by atoms with Crippen molar-refractivity contribution in [2.24, 2.45) is 0 Å². The van der Waals surface area contributed by atoms with Crippen LogP contribution in [0.5, 0.6) is 11.5 Å². The molecule has 2 aromatic rings. The Kier molecular flexibility index (Phi) is 5.19. The fourth-order valence-electron chi connectivity index (χ4n) is 1.78. The summed E-state index contributed by atoms with van der Waals surface area (Å²) in [6.07, 6.45) is 0. The van der Waals surface area contributed by atoms with Gasteiger partial charge in [0.25, 0.3) is 5.91 Å². The number of hydrogen-bond acceptors (Lipinski definition) is 4. The second-order valence-corrected chi connectivity index (χ2v) is 4.47. The smallest absolute Gasteiger partial charge is 0.262 e. The molecular formula is C16H17FN2O3. The summed E-state index contributed by atoms with van der Waals surface area (Å²) >= 11 is 0. The van der Waals surface area contributed by atoms with Gasteiger partial charge in [0.2, 0.25) is 0 Å². The lowest BCUT2D eigenvalue weighted by atomic mass is 10.2. The molecule has 2 aromatic carbocycles. The first kappa shape index (κ1) is 15.6. The highest BCUT2D eigenvalue weighted by Gasteiger charge is 2.07. The fourth-order valence-corrected chi connectivity index (χ4v) is 1.78. The molecule has 0 heterocycles. The van der Waals surface area contributed by atoms with Gasteiger partial charge in [0.1, 0.15) is 17.3 Å². The van der Waals surface area contributed by atoms with Crippen molar-refractivity contribution in [3.8, 4) is 11.5 Å². The standard InChI is InChI=1S/C16H17FN2O3/c1-2-21-12-4-6-13(7-5-12)22-10-16(20)19-15-8-3-11(17)9-14(15)18/h3-9H,2,10,18H2,1H3,(H,19,20). The van der Waals surface area contributed by atoms with E-state index in [-0.39, 0.29) is 18.2 Å². The highest BCUT2D eigenvalue weighted by Crippen LogP contribution is 2.20. The van der Waals surface area contributed by atoms with E-state index >= 15 is 0 Å². The number of benzene rings is 2. The van der Waals surface area contributed by atoms with E-state index in [4.69, 9.17) is 15.2 Å². The summed E-state index contributed by atoms with van der Waals surface area (Å²) < 4.78 is 23.6. The van der Waals surface area contributed by atoms with E-state index in [0.29, 0.717) is 18.0 Å². The highest BCUT2D eigenvalue weighted by molar-refractivity contribution is 5.94. The van der Waals surface area contributed by atoms with Crippen molar-refractivity contribution in [1.82, 2.24) is 0 Å². The normalized spacial score (nSPS) is 10.1. The molecule has 0 aliphatic carbocycles. The molecule has 0 unspecified atom stereocenters. The van der Waals surface area contributed by atoms with Crippen LogP contribution in [0, 0.1) is 5.82 Å². The van der Waals surface area contributed by atoms with E-state index in [1.807, 2.05) is 6.92 Å². The minimum Gasteiger partial charge on any atom is -0.494 e. The predicted molar refractivity (Wildman–Crippen MR) is 82.5 cm³/mol. The maximum atomic E-state index is 12.9. The van der Waals surface area contributed by atoms with E-state index in [1.54, 1.807) is 24.3 Å². The first-order valence-corrected chi connectivity index (χ1v) is 6.79. The molecule has 22 heavy (non-hydrogen) atoms. The largest absolute Gasteiger partial charge is 0.494 e. The average Bonchev–Trinajstić information content (AvgIpc) is 2.50. The lowest BCUT2D eigenvalue weighted by Crippen LogP contribution is -2.20. The number of ether oxygens (including phenoxy) is 2. The minimum absolute atomic E-state index is 0.161. The minimum atomic E-state index is -0.457. The van der Waals surface area contributed by atoms with Gasteiger partial charge in [0.05, 0.1) is 18.0 Å². The predicted octanol–water partition coefficient (Wildman–Crippen LogP) is 2.82. The molecule has 0 saturated carbocycles. The number of amides is 1. The van der Waals surface area contributed by atoms with Crippen LogP contribution in [0.1, 0.15) is 6.92 Å². The lowest BCUT2D eigenvalue weighted by Gasteiger charge is -2.10. The molecule has 0 spiro atoms. The molecular weight excluding hydrogens is 287 g/mol. The molecule has 0 atom stereocenters.